The lowest BCUT2D eigenvalue weighted by Gasteiger charge is -2.41. The Labute approximate surface area is 124 Å². The molecule has 1 aliphatic rings. The maximum atomic E-state index is 11.9. The van der Waals surface area contributed by atoms with E-state index in [2.05, 4.69) is 6.92 Å². The summed E-state index contributed by atoms with van der Waals surface area (Å²) in [5.74, 6) is 0. The molecule has 2 heteroatoms. The second-order valence-electron chi connectivity index (χ2n) is 6.15. The van der Waals surface area contributed by atoms with E-state index in [1.165, 1.54) is 32.1 Å². The summed E-state index contributed by atoms with van der Waals surface area (Å²) in [7, 11) is 0. The first-order chi connectivity index (χ1) is 9.47. The molecule has 0 aromatic rings. The van der Waals surface area contributed by atoms with Crippen molar-refractivity contribution in [3.05, 3.63) is 22.8 Å². The van der Waals surface area contributed by atoms with E-state index in [4.69, 9.17) is 0 Å². The van der Waals surface area contributed by atoms with Gasteiger partial charge in [0.05, 0.1) is 0 Å². The molecule has 0 radical (unpaired) electrons. The zero-order valence-electron chi connectivity index (χ0n) is 13.7. The highest BCUT2D eigenvalue weighted by molar-refractivity contribution is 5.41. The fraction of sp³-hybridized carbons (Fsp3) is 0.778. The van der Waals surface area contributed by atoms with Gasteiger partial charge in [0.2, 0.25) is 0 Å². The van der Waals surface area contributed by atoms with Gasteiger partial charge in [0.1, 0.15) is 5.60 Å². The smallest absolute Gasteiger partial charge is 0.107 e. The average Bonchev–Trinajstić information content (AvgIpc) is 2.44. The third-order valence-electron chi connectivity index (χ3n) is 4.80. The van der Waals surface area contributed by atoms with Crippen molar-refractivity contribution in [1.82, 2.24) is 0 Å². The predicted octanol–water partition coefficient (Wildman–Crippen LogP) is 3.88. The Bertz CT molecular complexity index is 368. The molecule has 116 valence electrons. The molecule has 0 amide bonds. The Morgan fingerprint density at radius 2 is 1.70 bits per heavy atom. The second-order valence-corrected chi connectivity index (χ2v) is 6.15. The normalized spacial score (nSPS) is 26.9. The number of rotatable bonds is 8. The Kier molecular flexibility index (Phi) is 6.97. The Morgan fingerprint density at radius 1 is 1.10 bits per heavy atom. The van der Waals surface area contributed by atoms with Crippen LogP contribution < -0.4 is 5.11 Å². The molecule has 0 saturated carbocycles. The van der Waals surface area contributed by atoms with Gasteiger partial charge in [-0.2, -0.15) is 0 Å². The molecule has 1 rings (SSSR count). The van der Waals surface area contributed by atoms with E-state index in [1.54, 1.807) is 6.08 Å². The minimum Gasteiger partial charge on any atom is -0.846 e. The van der Waals surface area contributed by atoms with Crippen LogP contribution in [0.4, 0.5) is 0 Å². The van der Waals surface area contributed by atoms with Gasteiger partial charge in [0.15, 0.2) is 0 Å². The van der Waals surface area contributed by atoms with Gasteiger partial charge in [-0.1, -0.05) is 63.7 Å². The summed E-state index contributed by atoms with van der Waals surface area (Å²) in [5.41, 5.74) is 1.76. The first-order valence-corrected chi connectivity index (χ1v) is 8.24. The van der Waals surface area contributed by atoms with Gasteiger partial charge >= 0.3 is 0 Å². The summed E-state index contributed by atoms with van der Waals surface area (Å²) >= 11 is 0. The van der Waals surface area contributed by atoms with E-state index in [0.29, 0.717) is 0 Å². The SMILES string of the molecule is CCCCCCCCC1(O)C(CC)=CC([O-])C(C)=C1C. The maximum Gasteiger partial charge on any atom is 0.107 e. The van der Waals surface area contributed by atoms with Crippen LogP contribution in [0.5, 0.6) is 0 Å². The summed E-state index contributed by atoms with van der Waals surface area (Å²) in [4.78, 5) is 0. The number of aliphatic hydroxyl groups is 1. The van der Waals surface area contributed by atoms with E-state index in [0.717, 1.165) is 36.0 Å². The molecule has 0 spiro atoms. The first-order valence-electron chi connectivity index (χ1n) is 8.24. The fourth-order valence-corrected chi connectivity index (χ4v) is 3.15. The van der Waals surface area contributed by atoms with Crippen LogP contribution >= 0.6 is 0 Å². The third kappa shape index (κ3) is 3.95. The molecule has 0 bridgehead atoms. The van der Waals surface area contributed by atoms with E-state index in [1.807, 2.05) is 20.8 Å². The van der Waals surface area contributed by atoms with Crippen molar-refractivity contribution in [3.8, 4) is 0 Å². The van der Waals surface area contributed by atoms with E-state index in [-0.39, 0.29) is 0 Å². The van der Waals surface area contributed by atoms with Gasteiger partial charge < -0.3 is 10.2 Å². The third-order valence-corrected chi connectivity index (χ3v) is 4.80. The average molecular weight is 279 g/mol. The number of hydrogen-bond donors (Lipinski definition) is 1. The van der Waals surface area contributed by atoms with Crippen LogP contribution in [0, 0.1) is 0 Å². The summed E-state index contributed by atoms with van der Waals surface area (Å²) in [5, 5.41) is 23.0. The Hall–Kier alpha value is -0.600. The zero-order chi connectivity index (χ0) is 15.2. The zero-order valence-corrected chi connectivity index (χ0v) is 13.7. The molecule has 0 aromatic carbocycles. The lowest BCUT2D eigenvalue weighted by Crippen LogP contribution is -2.41. The monoisotopic (exact) mass is 279 g/mol. The highest BCUT2D eigenvalue weighted by Gasteiger charge is 2.35. The predicted molar refractivity (Wildman–Crippen MR) is 83.5 cm³/mol. The number of hydrogen-bond acceptors (Lipinski definition) is 2. The summed E-state index contributed by atoms with van der Waals surface area (Å²) in [6, 6.07) is 0. The van der Waals surface area contributed by atoms with E-state index >= 15 is 0 Å². The van der Waals surface area contributed by atoms with Gasteiger partial charge in [0, 0.05) is 0 Å². The molecule has 0 aromatic heterocycles. The maximum absolute atomic E-state index is 11.9. The van der Waals surface area contributed by atoms with E-state index < -0.39 is 11.7 Å². The standard InChI is InChI=1S/C18H31O2/c1-5-7-8-9-10-11-12-18(20)15(4)14(3)17(19)13-16(18)6-2/h13,17,20H,5-12H2,1-4H3/q-1. The molecule has 0 aliphatic heterocycles. The van der Waals surface area contributed by atoms with Crippen LogP contribution in [-0.2, 0) is 0 Å². The molecular formula is C18H31O2-. The Balaban J connectivity index is 2.62. The lowest BCUT2D eigenvalue weighted by atomic mass is 9.74. The van der Waals surface area contributed by atoms with Crippen molar-refractivity contribution in [1.29, 1.82) is 0 Å². The highest BCUT2D eigenvalue weighted by atomic mass is 16.3. The molecule has 0 fully saturated rings. The van der Waals surface area contributed by atoms with Crippen molar-refractivity contribution >= 4 is 0 Å². The second kappa shape index (κ2) is 7.99. The first kappa shape index (κ1) is 17.5. The summed E-state index contributed by atoms with van der Waals surface area (Å²) in [6.07, 6.45) is 9.80. The minimum absolute atomic E-state index is 0.759. The van der Waals surface area contributed by atoms with Crippen molar-refractivity contribution in [2.75, 3.05) is 0 Å². The quantitative estimate of drug-likeness (QED) is 0.541. The van der Waals surface area contributed by atoms with E-state index in [9.17, 15) is 10.2 Å². The van der Waals surface area contributed by atoms with Gasteiger partial charge in [-0.05, 0) is 44.3 Å². The molecule has 2 nitrogen and oxygen atoms in total. The fourth-order valence-electron chi connectivity index (χ4n) is 3.15. The molecule has 0 heterocycles. The Morgan fingerprint density at radius 3 is 2.30 bits per heavy atom. The van der Waals surface area contributed by atoms with Crippen LogP contribution in [0.15, 0.2) is 22.8 Å². The molecule has 0 saturated heterocycles. The molecule has 2 atom stereocenters. The van der Waals surface area contributed by atoms with Gasteiger partial charge in [-0.25, -0.2) is 0 Å². The van der Waals surface area contributed by atoms with Gasteiger partial charge in [0.25, 0.3) is 0 Å². The minimum atomic E-state index is -0.857. The molecule has 1 aliphatic carbocycles. The largest absolute Gasteiger partial charge is 0.846 e. The molecular weight excluding hydrogens is 248 g/mol. The van der Waals surface area contributed by atoms with Crippen LogP contribution in [0.2, 0.25) is 0 Å². The van der Waals surface area contributed by atoms with Crippen molar-refractivity contribution in [3.63, 3.8) is 0 Å². The van der Waals surface area contributed by atoms with Crippen LogP contribution in [0.3, 0.4) is 0 Å². The van der Waals surface area contributed by atoms with Crippen LogP contribution in [0.1, 0.15) is 79.1 Å². The molecule has 1 N–H and O–H groups in total. The van der Waals surface area contributed by atoms with Gasteiger partial charge in [-0.15, -0.1) is 0 Å². The molecule has 2 unspecified atom stereocenters. The number of unbranched alkanes of at least 4 members (excludes halogenated alkanes) is 5. The van der Waals surface area contributed by atoms with Crippen molar-refractivity contribution in [2.45, 2.75) is 90.8 Å². The molecule has 20 heavy (non-hydrogen) atoms. The topological polar surface area (TPSA) is 43.3 Å². The van der Waals surface area contributed by atoms with Gasteiger partial charge in [-0.3, -0.25) is 0 Å². The summed E-state index contributed by atoms with van der Waals surface area (Å²) < 4.78 is 0. The van der Waals surface area contributed by atoms with Crippen molar-refractivity contribution < 1.29 is 10.2 Å². The summed E-state index contributed by atoms with van der Waals surface area (Å²) in [6.45, 7) is 8.04. The lowest BCUT2D eigenvalue weighted by molar-refractivity contribution is -0.391. The van der Waals surface area contributed by atoms with Crippen LogP contribution in [-0.4, -0.2) is 16.8 Å². The highest BCUT2D eigenvalue weighted by Crippen LogP contribution is 2.39. The van der Waals surface area contributed by atoms with Crippen LogP contribution in [0.25, 0.3) is 0 Å². The van der Waals surface area contributed by atoms with Crippen molar-refractivity contribution in [2.24, 2.45) is 0 Å².